The second kappa shape index (κ2) is 4.41. The van der Waals surface area contributed by atoms with E-state index in [9.17, 15) is 0 Å². The maximum Gasteiger partial charge on any atom is 0.182 e. The van der Waals surface area contributed by atoms with Gasteiger partial charge in [-0.2, -0.15) is 0 Å². The Hall–Kier alpha value is -1.69. The van der Waals surface area contributed by atoms with Crippen molar-refractivity contribution in [3.63, 3.8) is 0 Å². The number of nitrogens with one attached hydrogen (secondary N) is 1. The quantitative estimate of drug-likeness (QED) is 0.896. The van der Waals surface area contributed by atoms with Crippen LogP contribution in [-0.4, -0.2) is 24.7 Å². The molecule has 0 spiro atoms. The zero-order valence-corrected chi connectivity index (χ0v) is 11.5. The first-order chi connectivity index (χ1) is 9.76. The van der Waals surface area contributed by atoms with Crippen LogP contribution in [0.25, 0.3) is 11.5 Å². The van der Waals surface area contributed by atoms with Crippen molar-refractivity contribution in [2.24, 2.45) is 5.73 Å². The molecule has 0 bridgehead atoms. The van der Waals surface area contributed by atoms with Gasteiger partial charge in [0.15, 0.2) is 5.82 Å². The van der Waals surface area contributed by atoms with Gasteiger partial charge in [-0.3, -0.25) is 0 Å². The molecule has 2 aromatic heterocycles. The van der Waals surface area contributed by atoms with E-state index in [-0.39, 0.29) is 5.54 Å². The number of hydrogen-bond donors (Lipinski definition) is 2. The first-order valence-electron chi connectivity index (χ1n) is 7.50. The lowest BCUT2D eigenvalue weighted by Gasteiger charge is -2.35. The minimum absolute atomic E-state index is 0.254. The number of nitrogens with two attached hydrogens (primary N) is 1. The standard InChI is InChI=1S/C14H20N6/c15-14(6-3-7-14)13-16-8-11(18-13)12-19-17-9-20(12)10-4-1-2-5-10/h8-10H,1-7,15H2,(H,16,18). The maximum atomic E-state index is 6.31. The summed E-state index contributed by atoms with van der Waals surface area (Å²) in [7, 11) is 0. The Morgan fingerprint density at radius 1 is 1.25 bits per heavy atom. The van der Waals surface area contributed by atoms with Crippen molar-refractivity contribution < 1.29 is 0 Å². The summed E-state index contributed by atoms with van der Waals surface area (Å²) in [4.78, 5) is 7.83. The highest BCUT2D eigenvalue weighted by molar-refractivity contribution is 5.48. The topological polar surface area (TPSA) is 85.4 Å². The Labute approximate surface area is 117 Å². The predicted molar refractivity (Wildman–Crippen MR) is 74.8 cm³/mol. The number of aromatic amines is 1. The van der Waals surface area contributed by atoms with Crippen molar-refractivity contribution in [1.29, 1.82) is 0 Å². The molecule has 2 fully saturated rings. The van der Waals surface area contributed by atoms with Gasteiger partial charge < -0.3 is 15.3 Å². The molecule has 2 aliphatic carbocycles. The van der Waals surface area contributed by atoms with Crippen molar-refractivity contribution in [3.05, 3.63) is 18.3 Å². The average molecular weight is 272 g/mol. The van der Waals surface area contributed by atoms with Crippen LogP contribution in [-0.2, 0) is 5.54 Å². The third-order valence-corrected chi connectivity index (χ3v) is 4.83. The lowest BCUT2D eigenvalue weighted by atomic mass is 9.77. The van der Waals surface area contributed by atoms with Crippen LogP contribution < -0.4 is 5.73 Å². The van der Waals surface area contributed by atoms with Gasteiger partial charge in [0.2, 0.25) is 0 Å². The zero-order chi connectivity index (χ0) is 13.6. The third kappa shape index (κ3) is 1.78. The summed E-state index contributed by atoms with van der Waals surface area (Å²) in [6.07, 6.45) is 11.9. The number of hydrogen-bond acceptors (Lipinski definition) is 4. The van der Waals surface area contributed by atoms with Crippen molar-refractivity contribution in [2.45, 2.75) is 56.5 Å². The molecule has 0 aromatic carbocycles. The smallest absolute Gasteiger partial charge is 0.182 e. The number of nitrogens with zero attached hydrogens (tertiary/aromatic N) is 4. The Kier molecular flexibility index (Phi) is 2.66. The van der Waals surface area contributed by atoms with E-state index in [0.717, 1.165) is 30.2 Å². The van der Waals surface area contributed by atoms with Crippen LogP contribution in [0.4, 0.5) is 0 Å². The normalized spacial score (nSPS) is 22.1. The second-order valence-corrected chi connectivity index (χ2v) is 6.16. The molecular formula is C14H20N6. The molecule has 0 amide bonds. The molecule has 4 rings (SSSR count). The summed E-state index contributed by atoms with van der Waals surface area (Å²) < 4.78 is 2.19. The Morgan fingerprint density at radius 3 is 2.75 bits per heavy atom. The second-order valence-electron chi connectivity index (χ2n) is 6.16. The first kappa shape index (κ1) is 12.1. The van der Waals surface area contributed by atoms with Gasteiger partial charge in [0.25, 0.3) is 0 Å². The van der Waals surface area contributed by atoms with Crippen molar-refractivity contribution in [3.8, 4) is 11.5 Å². The van der Waals surface area contributed by atoms with E-state index < -0.39 is 0 Å². The van der Waals surface area contributed by atoms with Crippen molar-refractivity contribution in [2.75, 3.05) is 0 Å². The van der Waals surface area contributed by atoms with Gasteiger partial charge >= 0.3 is 0 Å². The van der Waals surface area contributed by atoms with E-state index >= 15 is 0 Å². The predicted octanol–water partition coefficient (Wildman–Crippen LogP) is 2.12. The molecule has 0 radical (unpaired) electrons. The fourth-order valence-corrected chi connectivity index (χ4v) is 3.37. The van der Waals surface area contributed by atoms with Crippen LogP contribution in [0.15, 0.2) is 12.5 Å². The van der Waals surface area contributed by atoms with Crippen LogP contribution in [0.5, 0.6) is 0 Å². The first-order valence-corrected chi connectivity index (χ1v) is 7.50. The largest absolute Gasteiger partial charge is 0.338 e. The fourth-order valence-electron chi connectivity index (χ4n) is 3.37. The average Bonchev–Trinajstić information content (AvgIpc) is 3.13. The summed E-state index contributed by atoms with van der Waals surface area (Å²) in [6, 6.07) is 0.530. The lowest BCUT2D eigenvalue weighted by molar-refractivity contribution is 0.240. The Bertz CT molecular complexity index is 603. The molecule has 2 aromatic rings. The molecule has 2 aliphatic rings. The third-order valence-electron chi connectivity index (χ3n) is 4.83. The van der Waals surface area contributed by atoms with Gasteiger partial charge in [-0.15, -0.1) is 10.2 Å². The number of rotatable bonds is 3. The van der Waals surface area contributed by atoms with Gasteiger partial charge in [0, 0.05) is 6.04 Å². The summed E-state index contributed by atoms with van der Waals surface area (Å²) >= 11 is 0. The summed E-state index contributed by atoms with van der Waals surface area (Å²) in [5.41, 5.74) is 6.99. The van der Waals surface area contributed by atoms with Gasteiger partial charge in [0.1, 0.15) is 17.8 Å². The molecule has 0 atom stereocenters. The van der Waals surface area contributed by atoms with Crippen molar-refractivity contribution >= 4 is 0 Å². The Morgan fingerprint density at radius 2 is 2.05 bits per heavy atom. The molecular weight excluding hydrogens is 252 g/mol. The highest BCUT2D eigenvalue weighted by atomic mass is 15.3. The zero-order valence-electron chi connectivity index (χ0n) is 11.5. The SMILES string of the molecule is NC1(c2ncc(-c3nncn3C3CCCC3)[nH]2)CCC1. The lowest BCUT2D eigenvalue weighted by Crippen LogP contribution is -2.44. The minimum Gasteiger partial charge on any atom is -0.338 e. The van der Waals surface area contributed by atoms with E-state index in [1.165, 1.54) is 32.1 Å². The fraction of sp³-hybridized carbons (Fsp3) is 0.643. The van der Waals surface area contributed by atoms with Crippen LogP contribution in [0.1, 0.15) is 56.8 Å². The molecule has 0 aliphatic heterocycles. The van der Waals surface area contributed by atoms with Gasteiger partial charge in [-0.25, -0.2) is 4.98 Å². The number of aromatic nitrogens is 5. The number of imidazole rings is 1. The Balaban J connectivity index is 1.66. The molecule has 0 saturated heterocycles. The molecule has 6 heteroatoms. The summed E-state index contributed by atoms with van der Waals surface area (Å²) in [5.74, 6) is 1.78. The van der Waals surface area contributed by atoms with Crippen LogP contribution >= 0.6 is 0 Å². The summed E-state index contributed by atoms with van der Waals surface area (Å²) in [5, 5.41) is 8.35. The van der Waals surface area contributed by atoms with Gasteiger partial charge in [-0.1, -0.05) is 12.8 Å². The van der Waals surface area contributed by atoms with E-state index in [1.807, 2.05) is 12.5 Å². The van der Waals surface area contributed by atoms with Crippen LogP contribution in [0.2, 0.25) is 0 Å². The molecule has 20 heavy (non-hydrogen) atoms. The molecule has 6 nitrogen and oxygen atoms in total. The minimum atomic E-state index is -0.254. The van der Waals surface area contributed by atoms with Crippen LogP contribution in [0, 0.1) is 0 Å². The molecule has 3 N–H and O–H groups in total. The monoisotopic (exact) mass is 272 g/mol. The highest BCUT2D eigenvalue weighted by Crippen LogP contribution is 2.38. The van der Waals surface area contributed by atoms with Gasteiger partial charge in [0.05, 0.1) is 11.7 Å². The number of H-pyrrole nitrogens is 1. The maximum absolute atomic E-state index is 6.31. The van der Waals surface area contributed by atoms with Crippen LogP contribution in [0.3, 0.4) is 0 Å². The van der Waals surface area contributed by atoms with E-state index in [4.69, 9.17) is 5.73 Å². The van der Waals surface area contributed by atoms with Gasteiger partial charge in [-0.05, 0) is 32.1 Å². The van der Waals surface area contributed by atoms with E-state index in [1.54, 1.807) is 0 Å². The van der Waals surface area contributed by atoms with E-state index in [2.05, 4.69) is 24.7 Å². The molecule has 0 unspecified atom stereocenters. The molecule has 106 valence electrons. The highest BCUT2D eigenvalue weighted by Gasteiger charge is 2.37. The van der Waals surface area contributed by atoms with Crippen molar-refractivity contribution in [1.82, 2.24) is 24.7 Å². The van der Waals surface area contributed by atoms with E-state index in [0.29, 0.717) is 6.04 Å². The summed E-state index contributed by atoms with van der Waals surface area (Å²) in [6.45, 7) is 0. The molecule has 2 heterocycles. The molecule has 2 saturated carbocycles.